The molecular formula is C30H36ClN3O4S. The lowest BCUT2D eigenvalue weighted by molar-refractivity contribution is -0.140. The van der Waals surface area contributed by atoms with Gasteiger partial charge in [-0.15, -0.1) is 0 Å². The van der Waals surface area contributed by atoms with E-state index in [0.717, 1.165) is 53.4 Å². The molecule has 1 atom stereocenters. The fraction of sp³-hybridized carbons (Fsp3) is 0.400. The van der Waals surface area contributed by atoms with E-state index in [1.165, 1.54) is 4.90 Å². The minimum atomic E-state index is -3.84. The van der Waals surface area contributed by atoms with E-state index >= 15 is 0 Å². The number of sulfonamides is 1. The van der Waals surface area contributed by atoms with Gasteiger partial charge in [0.15, 0.2) is 0 Å². The summed E-state index contributed by atoms with van der Waals surface area (Å²) in [5.41, 5.74) is 1.11. The second-order valence-corrected chi connectivity index (χ2v) is 12.5. The highest BCUT2D eigenvalue weighted by atomic mass is 35.5. The summed E-state index contributed by atoms with van der Waals surface area (Å²) in [6, 6.07) is 19.3. The Morgan fingerprint density at radius 3 is 2.33 bits per heavy atom. The van der Waals surface area contributed by atoms with Gasteiger partial charge in [-0.05, 0) is 42.3 Å². The van der Waals surface area contributed by atoms with Gasteiger partial charge in [-0.3, -0.25) is 13.9 Å². The zero-order valence-electron chi connectivity index (χ0n) is 22.5. The van der Waals surface area contributed by atoms with Gasteiger partial charge in [0.2, 0.25) is 21.8 Å². The van der Waals surface area contributed by atoms with Gasteiger partial charge in [0.05, 0.1) is 11.9 Å². The molecule has 4 rings (SSSR count). The van der Waals surface area contributed by atoms with Gasteiger partial charge in [-0.2, -0.15) is 0 Å². The number of nitrogens with zero attached hydrogens (tertiary/aromatic N) is 2. The van der Waals surface area contributed by atoms with E-state index in [0.29, 0.717) is 22.7 Å². The molecule has 0 spiro atoms. The second kappa shape index (κ2) is 12.8. The number of carbonyl (C=O) groups excluding carboxylic acids is 2. The Hall–Kier alpha value is -3.10. The van der Waals surface area contributed by atoms with Crippen LogP contribution in [0.15, 0.2) is 66.7 Å². The van der Waals surface area contributed by atoms with Crippen molar-refractivity contribution in [2.75, 3.05) is 17.1 Å². The van der Waals surface area contributed by atoms with Crippen LogP contribution in [0.2, 0.25) is 5.02 Å². The number of carbonyl (C=O) groups is 2. The summed E-state index contributed by atoms with van der Waals surface area (Å²) in [5, 5.41) is 5.21. The molecule has 7 nitrogen and oxygen atoms in total. The summed E-state index contributed by atoms with van der Waals surface area (Å²) >= 11 is 6.45. The van der Waals surface area contributed by atoms with Crippen molar-refractivity contribution in [1.29, 1.82) is 0 Å². The van der Waals surface area contributed by atoms with E-state index < -0.39 is 28.5 Å². The molecule has 1 aliphatic carbocycles. The van der Waals surface area contributed by atoms with Crippen LogP contribution in [0, 0.1) is 0 Å². The van der Waals surface area contributed by atoms with Crippen molar-refractivity contribution in [2.45, 2.75) is 64.1 Å². The van der Waals surface area contributed by atoms with Crippen molar-refractivity contribution in [3.63, 3.8) is 0 Å². The molecule has 0 radical (unpaired) electrons. The van der Waals surface area contributed by atoms with Gasteiger partial charge in [0.25, 0.3) is 0 Å². The molecule has 0 heterocycles. The van der Waals surface area contributed by atoms with E-state index in [-0.39, 0.29) is 18.5 Å². The van der Waals surface area contributed by atoms with Crippen molar-refractivity contribution in [3.05, 3.63) is 77.3 Å². The first-order valence-corrected chi connectivity index (χ1v) is 15.7. The first kappa shape index (κ1) is 28.9. The lowest BCUT2D eigenvalue weighted by Crippen LogP contribution is -2.54. The number of amides is 2. The summed E-state index contributed by atoms with van der Waals surface area (Å²) in [6.07, 6.45) is 6.61. The van der Waals surface area contributed by atoms with Gasteiger partial charge in [0.1, 0.15) is 12.6 Å². The maximum Gasteiger partial charge on any atom is 0.244 e. The minimum absolute atomic E-state index is 0.0840. The Morgan fingerprint density at radius 2 is 1.64 bits per heavy atom. The first-order chi connectivity index (χ1) is 18.7. The fourth-order valence-electron chi connectivity index (χ4n) is 5.29. The molecule has 9 heteroatoms. The van der Waals surface area contributed by atoms with Gasteiger partial charge < -0.3 is 10.2 Å². The molecule has 0 aliphatic heterocycles. The molecular weight excluding hydrogens is 534 g/mol. The number of hydrogen-bond donors (Lipinski definition) is 1. The number of nitrogens with one attached hydrogen (secondary N) is 1. The van der Waals surface area contributed by atoms with E-state index in [9.17, 15) is 18.0 Å². The third kappa shape index (κ3) is 7.11. The van der Waals surface area contributed by atoms with E-state index in [4.69, 9.17) is 11.6 Å². The van der Waals surface area contributed by atoms with E-state index in [1.807, 2.05) is 49.4 Å². The van der Waals surface area contributed by atoms with Crippen LogP contribution in [0.3, 0.4) is 0 Å². The Bertz CT molecular complexity index is 1420. The average molecular weight is 570 g/mol. The van der Waals surface area contributed by atoms with Crippen LogP contribution in [0.1, 0.15) is 51.0 Å². The van der Waals surface area contributed by atoms with Crippen molar-refractivity contribution in [2.24, 2.45) is 0 Å². The van der Waals surface area contributed by atoms with Crippen LogP contribution < -0.4 is 9.62 Å². The van der Waals surface area contributed by atoms with Crippen LogP contribution in [0.4, 0.5) is 5.69 Å². The smallest absolute Gasteiger partial charge is 0.244 e. The summed E-state index contributed by atoms with van der Waals surface area (Å²) in [7, 11) is -3.84. The van der Waals surface area contributed by atoms with Crippen LogP contribution in [-0.4, -0.2) is 50.0 Å². The van der Waals surface area contributed by atoms with Crippen LogP contribution >= 0.6 is 11.6 Å². The molecule has 0 saturated heterocycles. The zero-order valence-corrected chi connectivity index (χ0v) is 24.0. The zero-order chi connectivity index (χ0) is 28.0. The van der Waals surface area contributed by atoms with Crippen LogP contribution in [-0.2, 0) is 26.2 Å². The maximum absolute atomic E-state index is 14.0. The van der Waals surface area contributed by atoms with E-state index in [1.54, 1.807) is 24.3 Å². The van der Waals surface area contributed by atoms with Gasteiger partial charge in [-0.1, -0.05) is 92.4 Å². The number of anilines is 1. The standard InChI is InChI=1S/C30H36ClN3O4S/c1-3-27(30(36)32-24-15-5-4-6-16-24)33(20-23-13-8-10-18-26(23)31)29(35)21-34(39(2,37)38)28-19-11-14-22-12-7-9-17-25(22)28/h7-14,17-19,24,27H,3-6,15-16,20-21H2,1-2H3,(H,32,36)/t27-/m1/s1. The monoisotopic (exact) mass is 569 g/mol. The minimum Gasteiger partial charge on any atom is -0.352 e. The summed E-state index contributed by atoms with van der Waals surface area (Å²) in [4.78, 5) is 29.0. The molecule has 2 amide bonds. The molecule has 0 unspecified atom stereocenters. The number of rotatable bonds is 10. The molecule has 208 valence electrons. The quantitative estimate of drug-likeness (QED) is 0.348. The topological polar surface area (TPSA) is 86.8 Å². The molecule has 1 fully saturated rings. The molecule has 3 aromatic rings. The maximum atomic E-state index is 14.0. The molecule has 0 aromatic heterocycles. The Morgan fingerprint density at radius 1 is 0.974 bits per heavy atom. The largest absolute Gasteiger partial charge is 0.352 e. The summed E-state index contributed by atoms with van der Waals surface area (Å²) < 4.78 is 27.2. The third-order valence-electron chi connectivity index (χ3n) is 7.35. The summed E-state index contributed by atoms with van der Waals surface area (Å²) in [6.45, 7) is 1.50. The molecule has 1 aliphatic rings. The molecule has 1 N–H and O–H groups in total. The highest BCUT2D eigenvalue weighted by molar-refractivity contribution is 7.92. The lowest BCUT2D eigenvalue weighted by atomic mass is 9.95. The SMILES string of the molecule is CC[C@H](C(=O)NC1CCCCC1)N(Cc1ccccc1Cl)C(=O)CN(c1cccc2ccccc12)S(C)(=O)=O. The Labute approximate surface area is 236 Å². The Balaban J connectivity index is 1.68. The van der Waals surface area contributed by atoms with Gasteiger partial charge >= 0.3 is 0 Å². The fourth-order valence-corrected chi connectivity index (χ4v) is 6.35. The molecule has 1 saturated carbocycles. The predicted octanol–water partition coefficient (Wildman–Crippen LogP) is 5.52. The Kier molecular flexibility index (Phi) is 9.51. The molecule has 3 aromatic carbocycles. The van der Waals surface area contributed by atoms with Crippen LogP contribution in [0.5, 0.6) is 0 Å². The van der Waals surface area contributed by atoms with Crippen molar-refractivity contribution >= 4 is 49.9 Å². The highest BCUT2D eigenvalue weighted by Gasteiger charge is 2.33. The third-order valence-corrected chi connectivity index (χ3v) is 8.85. The normalized spacial score (nSPS) is 15.1. The first-order valence-electron chi connectivity index (χ1n) is 13.5. The van der Waals surface area contributed by atoms with Crippen molar-refractivity contribution in [1.82, 2.24) is 10.2 Å². The van der Waals surface area contributed by atoms with Gasteiger partial charge in [-0.25, -0.2) is 8.42 Å². The number of hydrogen-bond acceptors (Lipinski definition) is 4. The number of fused-ring (bicyclic) bond motifs is 1. The number of benzene rings is 3. The van der Waals surface area contributed by atoms with Gasteiger partial charge in [0, 0.05) is 23.0 Å². The molecule has 0 bridgehead atoms. The predicted molar refractivity (Wildman–Crippen MR) is 157 cm³/mol. The summed E-state index contributed by atoms with van der Waals surface area (Å²) in [5.74, 6) is -0.695. The highest BCUT2D eigenvalue weighted by Crippen LogP contribution is 2.29. The van der Waals surface area contributed by atoms with Crippen molar-refractivity contribution in [3.8, 4) is 0 Å². The number of halogens is 1. The average Bonchev–Trinajstić information content (AvgIpc) is 2.92. The van der Waals surface area contributed by atoms with E-state index in [2.05, 4.69) is 5.32 Å². The van der Waals surface area contributed by atoms with Crippen LogP contribution in [0.25, 0.3) is 10.8 Å². The lowest BCUT2D eigenvalue weighted by Gasteiger charge is -2.34. The van der Waals surface area contributed by atoms with Crippen molar-refractivity contribution < 1.29 is 18.0 Å². The molecule has 39 heavy (non-hydrogen) atoms. The second-order valence-electron chi connectivity index (χ2n) is 10.1.